The molecule has 0 radical (unpaired) electrons. The molecule has 0 saturated heterocycles. The van der Waals surface area contributed by atoms with Crippen molar-refractivity contribution in [1.29, 1.82) is 0 Å². The molecule has 0 aromatic carbocycles. The van der Waals surface area contributed by atoms with Gasteiger partial charge in [0, 0.05) is 0 Å². The molecule has 0 bridgehead atoms. The Bertz CT molecular complexity index is 153. The fourth-order valence-electron chi connectivity index (χ4n) is 0.546. The van der Waals surface area contributed by atoms with Gasteiger partial charge in [-0.05, 0) is 6.42 Å². The minimum Gasteiger partial charge on any atom is -0.322 e. The first kappa shape index (κ1) is 10.1. The van der Waals surface area contributed by atoms with E-state index in [0.717, 1.165) is 0 Å². The number of hydrogen-bond donors (Lipinski definition) is 4. The van der Waals surface area contributed by atoms with Gasteiger partial charge in [-0.3, -0.25) is 4.57 Å². The fourth-order valence-corrected chi connectivity index (χ4v) is 1.06. The standard InChI is InChI=1S/C4H13N2O3P/c1-2-3-4(5,6)10(7,8)9/h2-3,5-6H2,1H3,(H2,7,8,9). The van der Waals surface area contributed by atoms with E-state index >= 15 is 0 Å². The van der Waals surface area contributed by atoms with Crippen molar-refractivity contribution in [3.8, 4) is 0 Å². The van der Waals surface area contributed by atoms with Crippen molar-refractivity contribution in [3.05, 3.63) is 0 Å². The molecule has 0 aromatic heterocycles. The van der Waals surface area contributed by atoms with Crippen LogP contribution in [0.1, 0.15) is 19.8 Å². The lowest BCUT2D eigenvalue weighted by molar-refractivity contribution is 0.318. The predicted octanol–water partition coefficient (Wildman–Crippen LogP) is -0.465. The van der Waals surface area contributed by atoms with Gasteiger partial charge in [0.1, 0.15) is 0 Å². The highest BCUT2D eigenvalue weighted by molar-refractivity contribution is 7.53. The van der Waals surface area contributed by atoms with Gasteiger partial charge in [0.15, 0.2) is 5.40 Å². The molecule has 0 fully saturated rings. The Morgan fingerprint density at radius 1 is 1.50 bits per heavy atom. The average molecular weight is 168 g/mol. The van der Waals surface area contributed by atoms with Crippen LogP contribution in [-0.2, 0) is 4.57 Å². The minimum absolute atomic E-state index is 0.122. The smallest absolute Gasteiger partial charge is 0.322 e. The molecular formula is C4H13N2O3P. The van der Waals surface area contributed by atoms with Crippen LogP contribution >= 0.6 is 7.60 Å². The van der Waals surface area contributed by atoms with Crippen LogP contribution < -0.4 is 11.5 Å². The van der Waals surface area contributed by atoms with Crippen LogP contribution in [0.5, 0.6) is 0 Å². The van der Waals surface area contributed by atoms with E-state index in [9.17, 15) is 4.57 Å². The largest absolute Gasteiger partial charge is 0.359 e. The maximum absolute atomic E-state index is 10.5. The average Bonchev–Trinajstić information content (AvgIpc) is 1.61. The second kappa shape index (κ2) is 2.98. The van der Waals surface area contributed by atoms with Crippen molar-refractivity contribution in [2.24, 2.45) is 11.5 Å². The van der Waals surface area contributed by atoms with E-state index in [1.807, 2.05) is 0 Å². The zero-order chi connectivity index (χ0) is 8.41. The van der Waals surface area contributed by atoms with Gasteiger partial charge in [0.2, 0.25) is 0 Å². The highest BCUT2D eigenvalue weighted by Gasteiger charge is 2.38. The zero-order valence-electron chi connectivity index (χ0n) is 5.82. The van der Waals surface area contributed by atoms with Crippen LogP contribution in [0.25, 0.3) is 0 Å². The summed E-state index contributed by atoms with van der Waals surface area (Å²) in [6.45, 7) is 1.75. The van der Waals surface area contributed by atoms with Crippen LogP contribution in [0.15, 0.2) is 0 Å². The molecule has 0 unspecified atom stereocenters. The van der Waals surface area contributed by atoms with Gasteiger partial charge in [-0.25, -0.2) is 0 Å². The molecule has 6 N–H and O–H groups in total. The lowest BCUT2D eigenvalue weighted by Gasteiger charge is -2.24. The van der Waals surface area contributed by atoms with Gasteiger partial charge < -0.3 is 21.3 Å². The van der Waals surface area contributed by atoms with Gasteiger partial charge in [0.05, 0.1) is 0 Å². The van der Waals surface area contributed by atoms with Gasteiger partial charge in [-0.1, -0.05) is 13.3 Å². The highest BCUT2D eigenvalue weighted by Crippen LogP contribution is 2.45. The van der Waals surface area contributed by atoms with Gasteiger partial charge in [0.25, 0.3) is 0 Å². The molecule has 0 aliphatic rings. The molecule has 10 heavy (non-hydrogen) atoms. The van der Waals surface area contributed by atoms with Crippen molar-refractivity contribution in [2.45, 2.75) is 25.2 Å². The summed E-state index contributed by atoms with van der Waals surface area (Å²) < 4.78 is 10.5. The molecule has 0 aromatic rings. The minimum atomic E-state index is -4.33. The summed E-state index contributed by atoms with van der Waals surface area (Å²) in [6.07, 6.45) is 0.676. The van der Waals surface area contributed by atoms with Gasteiger partial charge >= 0.3 is 7.60 Å². The van der Waals surface area contributed by atoms with Crippen LogP contribution in [0.2, 0.25) is 0 Å². The van der Waals surface area contributed by atoms with E-state index in [-0.39, 0.29) is 6.42 Å². The van der Waals surface area contributed by atoms with E-state index in [0.29, 0.717) is 6.42 Å². The van der Waals surface area contributed by atoms with Crippen molar-refractivity contribution in [2.75, 3.05) is 0 Å². The molecule has 0 spiro atoms. The SMILES string of the molecule is CCCC(N)(N)P(=O)(O)O. The molecule has 0 atom stereocenters. The predicted molar refractivity (Wildman–Crippen MR) is 38.1 cm³/mol. The summed E-state index contributed by atoms with van der Waals surface area (Å²) in [4.78, 5) is 17.1. The Kier molecular flexibility index (Phi) is 3.00. The molecule has 0 saturated carbocycles. The number of hydrogen-bond acceptors (Lipinski definition) is 3. The van der Waals surface area contributed by atoms with E-state index in [1.54, 1.807) is 6.92 Å². The Morgan fingerprint density at radius 2 is 1.90 bits per heavy atom. The van der Waals surface area contributed by atoms with Gasteiger partial charge in [-0.2, -0.15) is 0 Å². The third-order valence-corrected chi connectivity index (χ3v) is 2.50. The van der Waals surface area contributed by atoms with Crippen molar-refractivity contribution >= 4 is 7.60 Å². The van der Waals surface area contributed by atoms with Crippen molar-refractivity contribution in [3.63, 3.8) is 0 Å². The fraction of sp³-hybridized carbons (Fsp3) is 1.00. The maximum atomic E-state index is 10.5. The monoisotopic (exact) mass is 168 g/mol. The summed E-state index contributed by atoms with van der Waals surface area (Å²) in [5.41, 5.74) is 10.2. The first-order valence-electron chi connectivity index (χ1n) is 2.94. The van der Waals surface area contributed by atoms with E-state index in [1.165, 1.54) is 0 Å². The Balaban J connectivity index is 4.25. The molecule has 0 rings (SSSR count). The van der Waals surface area contributed by atoms with E-state index in [2.05, 4.69) is 0 Å². The molecule has 5 nitrogen and oxygen atoms in total. The number of nitrogens with two attached hydrogens (primary N) is 2. The number of rotatable bonds is 3. The third kappa shape index (κ3) is 2.36. The Morgan fingerprint density at radius 3 is 2.00 bits per heavy atom. The van der Waals surface area contributed by atoms with Crippen LogP contribution in [0, 0.1) is 0 Å². The van der Waals surface area contributed by atoms with E-state index < -0.39 is 13.0 Å². The maximum Gasteiger partial charge on any atom is 0.359 e. The van der Waals surface area contributed by atoms with Crippen molar-refractivity contribution in [1.82, 2.24) is 0 Å². The first-order chi connectivity index (χ1) is 4.31. The van der Waals surface area contributed by atoms with Gasteiger partial charge in [-0.15, -0.1) is 0 Å². The summed E-state index contributed by atoms with van der Waals surface area (Å²) in [5.74, 6) is 0. The summed E-state index contributed by atoms with van der Waals surface area (Å²) in [6, 6.07) is 0. The van der Waals surface area contributed by atoms with Crippen molar-refractivity contribution < 1.29 is 14.4 Å². The lowest BCUT2D eigenvalue weighted by Crippen LogP contribution is -2.48. The summed E-state index contributed by atoms with van der Waals surface area (Å²) in [5, 5.41) is -1.85. The third-order valence-electron chi connectivity index (χ3n) is 1.19. The molecule has 0 aliphatic heterocycles. The molecule has 0 aliphatic carbocycles. The van der Waals surface area contributed by atoms with E-state index in [4.69, 9.17) is 21.3 Å². The second-order valence-corrected chi connectivity index (χ2v) is 4.21. The molecule has 62 valence electrons. The zero-order valence-corrected chi connectivity index (χ0v) is 6.71. The molecule has 0 heterocycles. The quantitative estimate of drug-likeness (QED) is 0.336. The van der Waals surface area contributed by atoms with Crippen LogP contribution in [0.4, 0.5) is 0 Å². The van der Waals surface area contributed by atoms with Crippen LogP contribution in [0.3, 0.4) is 0 Å². The molecule has 6 heteroatoms. The highest BCUT2D eigenvalue weighted by atomic mass is 31.2. The Labute approximate surface area is 59.6 Å². The molecular weight excluding hydrogens is 155 g/mol. The topological polar surface area (TPSA) is 110 Å². The second-order valence-electron chi connectivity index (χ2n) is 2.29. The summed E-state index contributed by atoms with van der Waals surface area (Å²) >= 11 is 0. The normalized spacial score (nSPS) is 13.7. The Hall–Kier alpha value is 0.0700. The van der Waals surface area contributed by atoms with Crippen LogP contribution in [-0.4, -0.2) is 15.2 Å². The lowest BCUT2D eigenvalue weighted by atomic mass is 10.3. The molecule has 0 amide bonds. The first-order valence-corrected chi connectivity index (χ1v) is 4.56. The summed E-state index contributed by atoms with van der Waals surface area (Å²) in [7, 11) is -4.33.